The van der Waals surface area contributed by atoms with Crippen molar-refractivity contribution in [3.63, 3.8) is 0 Å². The van der Waals surface area contributed by atoms with Gasteiger partial charge in [-0.05, 0) is 49.0 Å². The lowest BCUT2D eigenvalue weighted by Crippen LogP contribution is -2.46. The first-order valence-electron chi connectivity index (χ1n) is 8.86. The molecule has 1 fully saturated rings. The Morgan fingerprint density at radius 3 is 2.33 bits per heavy atom. The molecule has 8 heteroatoms. The third-order valence-electron chi connectivity index (χ3n) is 4.73. The Bertz CT molecular complexity index is 880. The number of likely N-dealkylation sites (N-methyl/N-ethyl adjacent to an activating group) is 1. The van der Waals surface area contributed by atoms with Crippen molar-refractivity contribution in [3.8, 4) is 5.75 Å². The van der Waals surface area contributed by atoms with E-state index >= 15 is 0 Å². The third-order valence-corrected chi connectivity index (χ3v) is 6.35. The number of sulfonamides is 1. The van der Waals surface area contributed by atoms with Crippen molar-refractivity contribution in [3.05, 3.63) is 47.5 Å². The molecule has 1 aliphatic rings. The highest BCUT2D eigenvalue weighted by Crippen LogP contribution is 2.32. The SMILES string of the molecule is CCN1CCN(c2ccc(Cl)cc2NS(=O)(=O)c2ccc(OC)cc2)CC1. The van der Waals surface area contributed by atoms with Gasteiger partial charge in [0.2, 0.25) is 0 Å². The van der Waals surface area contributed by atoms with Gasteiger partial charge in [-0.2, -0.15) is 0 Å². The maximum absolute atomic E-state index is 12.8. The first kappa shape index (κ1) is 19.8. The summed E-state index contributed by atoms with van der Waals surface area (Å²) in [4.78, 5) is 4.73. The second-order valence-electron chi connectivity index (χ2n) is 6.36. The lowest BCUT2D eigenvalue weighted by atomic mass is 10.2. The summed E-state index contributed by atoms with van der Waals surface area (Å²) in [6, 6.07) is 11.6. The molecule has 0 atom stereocenters. The zero-order chi connectivity index (χ0) is 19.4. The summed E-state index contributed by atoms with van der Waals surface area (Å²) in [5.74, 6) is 0.603. The molecule has 2 aromatic carbocycles. The van der Waals surface area contributed by atoms with Gasteiger partial charge in [0.25, 0.3) is 10.0 Å². The van der Waals surface area contributed by atoms with E-state index in [1.807, 2.05) is 6.07 Å². The Labute approximate surface area is 165 Å². The van der Waals surface area contributed by atoms with Gasteiger partial charge < -0.3 is 14.5 Å². The van der Waals surface area contributed by atoms with E-state index in [0.717, 1.165) is 38.4 Å². The van der Waals surface area contributed by atoms with Crippen molar-refractivity contribution in [1.82, 2.24) is 4.90 Å². The number of rotatable bonds is 6. The monoisotopic (exact) mass is 409 g/mol. The highest BCUT2D eigenvalue weighted by molar-refractivity contribution is 7.92. The van der Waals surface area contributed by atoms with E-state index in [2.05, 4.69) is 21.4 Å². The summed E-state index contributed by atoms with van der Waals surface area (Å²) in [6.45, 7) is 6.74. The highest BCUT2D eigenvalue weighted by Gasteiger charge is 2.22. The first-order chi connectivity index (χ1) is 12.9. The molecule has 0 aliphatic carbocycles. The van der Waals surface area contributed by atoms with Crippen LogP contribution in [0.25, 0.3) is 0 Å². The van der Waals surface area contributed by atoms with Crippen LogP contribution in [-0.4, -0.2) is 53.2 Å². The average molecular weight is 410 g/mol. The molecular weight excluding hydrogens is 386 g/mol. The Hall–Kier alpha value is -1.96. The number of hydrogen-bond donors (Lipinski definition) is 1. The van der Waals surface area contributed by atoms with Crippen LogP contribution in [0.2, 0.25) is 5.02 Å². The number of methoxy groups -OCH3 is 1. The summed E-state index contributed by atoms with van der Waals surface area (Å²) in [5.41, 5.74) is 1.33. The molecule has 1 aliphatic heterocycles. The highest BCUT2D eigenvalue weighted by atomic mass is 35.5. The van der Waals surface area contributed by atoms with Gasteiger partial charge in [-0.25, -0.2) is 8.42 Å². The molecular formula is C19H24ClN3O3S. The van der Waals surface area contributed by atoms with Crippen molar-refractivity contribution >= 4 is 33.0 Å². The molecule has 0 unspecified atom stereocenters. The second kappa shape index (κ2) is 8.37. The minimum atomic E-state index is -3.73. The lowest BCUT2D eigenvalue weighted by molar-refractivity contribution is 0.271. The maximum atomic E-state index is 12.8. The van der Waals surface area contributed by atoms with E-state index < -0.39 is 10.0 Å². The number of nitrogens with one attached hydrogen (secondary N) is 1. The van der Waals surface area contributed by atoms with Crippen molar-refractivity contribution in [1.29, 1.82) is 0 Å². The van der Waals surface area contributed by atoms with E-state index in [-0.39, 0.29) is 4.90 Å². The molecule has 1 heterocycles. The number of anilines is 2. The van der Waals surface area contributed by atoms with E-state index in [1.165, 1.54) is 19.2 Å². The Morgan fingerprint density at radius 2 is 1.74 bits per heavy atom. The molecule has 27 heavy (non-hydrogen) atoms. The molecule has 1 N–H and O–H groups in total. The second-order valence-corrected chi connectivity index (χ2v) is 8.48. The lowest BCUT2D eigenvalue weighted by Gasteiger charge is -2.36. The van der Waals surface area contributed by atoms with Crippen LogP contribution in [-0.2, 0) is 10.0 Å². The number of benzene rings is 2. The zero-order valence-electron chi connectivity index (χ0n) is 15.5. The summed E-state index contributed by atoms with van der Waals surface area (Å²) >= 11 is 6.14. The number of ether oxygens (including phenoxy) is 1. The quantitative estimate of drug-likeness (QED) is 0.793. The van der Waals surface area contributed by atoms with Gasteiger partial charge in [-0.3, -0.25) is 4.72 Å². The van der Waals surface area contributed by atoms with E-state index in [9.17, 15) is 8.42 Å². The minimum absolute atomic E-state index is 0.171. The van der Waals surface area contributed by atoms with Gasteiger partial charge in [-0.15, -0.1) is 0 Å². The number of halogens is 1. The summed E-state index contributed by atoms with van der Waals surface area (Å²) < 4.78 is 33.4. The van der Waals surface area contributed by atoms with Crippen LogP contribution < -0.4 is 14.4 Å². The van der Waals surface area contributed by atoms with Crippen molar-refractivity contribution in [2.75, 3.05) is 49.5 Å². The van der Waals surface area contributed by atoms with Crippen molar-refractivity contribution in [2.45, 2.75) is 11.8 Å². The van der Waals surface area contributed by atoms with E-state index in [1.54, 1.807) is 24.3 Å². The van der Waals surface area contributed by atoms with E-state index in [0.29, 0.717) is 16.5 Å². The zero-order valence-corrected chi connectivity index (χ0v) is 17.1. The first-order valence-corrected chi connectivity index (χ1v) is 10.7. The van der Waals surface area contributed by atoms with Crippen LogP contribution in [0.4, 0.5) is 11.4 Å². The Morgan fingerprint density at radius 1 is 1.07 bits per heavy atom. The smallest absolute Gasteiger partial charge is 0.261 e. The van der Waals surface area contributed by atoms with Gasteiger partial charge in [0.05, 0.1) is 23.4 Å². The number of nitrogens with zero attached hydrogens (tertiary/aromatic N) is 2. The third kappa shape index (κ3) is 4.66. The molecule has 1 saturated heterocycles. The number of piperazine rings is 1. The molecule has 0 saturated carbocycles. The minimum Gasteiger partial charge on any atom is -0.497 e. The summed E-state index contributed by atoms with van der Waals surface area (Å²) in [7, 11) is -2.19. The van der Waals surface area contributed by atoms with E-state index in [4.69, 9.17) is 16.3 Å². The summed E-state index contributed by atoms with van der Waals surface area (Å²) in [5, 5.41) is 0.485. The number of hydrogen-bond acceptors (Lipinski definition) is 5. The predicted octanol–water partition coefficient (Wildman–Crippen LogP) is 3.29. The fourth-order valence-electron chi connectivity index (χ4n) is 3.13. The fourth-order valence-corrected chi connectivity index (χ4v) is 4.37. The maximum Gasteiger partial charge on any atom is 0.261 e. The van der Waals surface area contributed by atoms with Gasteiger partial charge >= 0.3 is 0 Å². The van der Waals surface area contributed by atoms with Crippen LogP contribution in [0.1, 0.15) is 6.92 Å². The molecule has 2 aromatic rings. The predicted molar refractivity (Wildman–Crippen MR) is 110 cm³/mol. The van der Waals surface area contributed by atoms with Gasteiger partial charge in [-0.1, -0.05) is 18.5 Å². The molecule has 146 valence electrons. The Balaban J connectivity index is 1.86. The Kier molecular flexibility index (Phi) is 6.14. The average Bonchev–Trinajstić information content (AvgIpc) is 2.68. The van der Waals surface area contributed by atoms with Gasteiger partial charge in [0.1, 0.15) is 5.75 Å². The van der Waals surface area contributed by atoms with Crippen LogP contribution >= 0.6 is 11.6 Å². The molecule has 3 rings (SSSR count). The molecule has 0 aromatic heterocycles. The van der Waals surface area contributed by atoms with Crippen LogP contribution in [0.3, 0.4) is 0 Å². The van der Waals surface area contributed by atoms with Crippen LogP contribution in [0, 0.1) is 0 Å². The van der Waals surface area contributed by atoms with Crippen LogP contribution in [0.15, 0.2) is 47.4 Å². The molecule has 0 bridgehead atoms. The standard InChI is InChI=1S/C19H24ClN3O3S/c1-3-22-10-12-23(13-11-22)19-9-4-15(20)14-18(19)21-27(24,25)17-7-5-16(26-2)6-8-17/h4-9,14,21H,3,10-13H2,1-2H3. The fraction of sp³-hybridized carbons (Fsp3) is 0.368. The topological polar surface area (TPSA) is 61.9 Å². The van der Waals surface area contributed by atoms with Crippen molar-refractivity contribution in [2.24, 2.45) is 0 Å². The molecule has 6 nitrogen and oxygen atoms in total. The normalized spacial score (nSPS) is 15.6. The van der Waals surface area contributed by atoms with Gasteiger partial charge in [0, 0.05) is 31.2 Å². The molecule has 0 radical (unpaired) electrons. The largest absolute Gasteiger partial charge is 0.497 e. The van der Waals surface area contributed by atoms with Crippen LogP contribution in [0.5, 0.6) is 5.75 Å². The molecule has 0 amide bonds. The summed E-state index contributed by atoms with van der Waals surface area (Å²) in [6.07, 6.45) is 0. The molecule has 0 spiro atoms. The van der Waals surface area contributed by atoms with Gasteiger partial charge in [0.15, 0.2) is 0 Å². The van der Waals surface area contributed by atoms with Crippen molar-refractivity contribution < 1.29 is 13.2 Å².